The molecule has 2 aromatic carbocycles. The number of imide groups is 1. The van der Waals surface area contributed by atoms with Crippen LogP contribution in [0.25, 0.3) is 0 Å². The first kappa shape index (κ1) is 21.6. The molecule has 0 aromatic heterocycles. The lowest BCUT2D eigenvalue weighted by Crippen LogP contribution is -2.44. The Morgan fingerprint density at radius 2 is 1.38 bits per heavy atom. The number of benzene rings is 2. The van der Waals surface area contributed by atoms with Crippen LogP contribution in [-0.4, -0.2) is 41.1 Å². The van der Waals surface area contributed by atoms with Crippen LogP contribution >= 0.6 is 46.4 Å². The molecule has 10 heteroatoms. The van der Waals surface area contributed by atoms with Gasteiger partial charge >= 0.3 is 5.97 Å². The minimum Gasteiger partial charge on any atom is -0.456 e. The second kappa shape index (κ2) is 8.32. The van der Waals surface area contributed by atoms with Crippen molar-refractivity contribution in [2.75, 3.05) is 6.61 Å². The molecule has 0 radical (unpaired) electrons. The highest BCUT2D eigenvalue weighted by atomic mass is 35.5. The van der Waals surface area contributed by atoms with E-state index in [2.05, 4.69) is 0 Å². The number of amides is 2. The molecule has 6 nitrogen and oxygen atoms in total. The minimum atomic E-state index is -1.34. The van der Waals surface area contributed by atoms with Gasteiger partial charge in [-0.15, -0.1) is 0 Å². The molecule has 1 atom stereocenters. The van der Waals surface area contributed by atoms with Gasteiger partial charge in [0.2, 0.25) is 0 Å². The fourth-order valence-electron chi connectivity index (χ4n) is 2.79. The van der Waals surface area contributed by atoms with Gasteiger partial charge in [-0.2, -0.15) is 0 Å². The van der Waals surface area contributed by atoms with E-state index >= 15 is 0 Å². The zero-order valence-electron chi connectivity index (χ0n) is 14.7. The highest BCUT2D eigenvalue weighted by Gasteiger charge is 2.45. The smallest absolute Gasteiger partial charge is 0.329 e. The Balaban J connectivity index is 1.80. The third-order valence-corrected chi connectivity index (χ3v) is 6.10. The molecular formula is C19H11Cl4NO5. The van der Waals surface area contributed by atoms with Crippen molar-refractivity contribution < 1.29 is 23.9 Å². The van der Waals surface area contributed by atoms with Crippen molar-refractivity contribution in [2.24, 2.45) is 0 Å². The summed E-state index contributed by atoms with van der Waals surface area (Å²) in [4.78, 5) is 50.6. The van der Waals surface area contributed by atoms with Gasteiger partial charge in [-0.3, -0.25) is 19.3 Å². The fraction of sp³-hybridized carbons (Fsp3) is 0.158. The van der Waals surface area contributed by atoms with E-state index in [0.717, 1.165) is 0 Å². The van der Waals surface area contributed by atoms with E-state index in [1.54, 1.807) is 30.3 Å². The van der Waals surface area contributed by atoms with Crippen molar-refractivity contribution in [2.45, 2.75) is 13.0 Å². The summed E-state index contributed by atoms with van der Waals surface area (Å²) < 4.78 is 4.98. The van der Waals surface area contributed by atoms with Gasteiger partial charge in [0.1, 0.15) is 6.04 Å². The first-order chi connectivity index (χ1) is 13.7. The number of carbonyl (C=O) groups is 4. The van der Waals surface area contributed by atoms with Crippen molar-refractivity contribution in [3.05, 3.63) is 67.1 Å². The van der Waals surface area contributed by atoms with Crippen LogP contribution in [0.5, 0.6) is 0 Å². The monoisotopic (exact) mass is 473 g/mol. The number of ketones is 1. The van der Waals surface area contributed by atoms with E-state index in [4.69, 9.17) is 51.1 Å². The van der Waals surface area contributed by atoms with Crippen LogP contribution in [0.15, 0.2) is 30.3 Å². The van der Waals surface area contributed by atoms with Gasteiger partial charge in [0.05, 0.1) is 31.2 Å². The summed E-state index contributed by atoms with van der Waals surface area (Å²) in [6.45, 7) is 0.734. The minimum absolute atomic E-state index is 0.177. The van der Waals surface area contributed by atoms with E-state index in [9.17, 15) is 19.2 Å². The summed E-state index contributed by atoms with van der Waals surface area (Å²) in [6, 6.07) is 6.88. The quantitative estimate of drug-likeness (QED) is 0.206. The first-order valence-electron chi connectivity index (χ1n) is 8.15. The van der Waals surface area contributed by atoms with E-state index in [-0.39, 0.29) is 31.2 Å². The molecule has 29 heavy (non-hydrogen) atoms. The standard InChI is InChI=1S/C19H11Cl4NO5/c1-8(19(28)29-7-10(25)9-5-3-2-4-6-9)24-17(26)11-12(18(24)27)14(21)16(23)15(22)13(11)20/h2-6,8H,7H2,1H3/t8-/m1/s1. The maximum atomic E-state index is 12.7. The molecule has 1 aliphatic heterocycles. The average Bonchev–Trinajstić information content (AvgIpc) is 2.98. The van der Waals surface area contributed by atoms with E-state index < -0.39 is 36.2 Å². The molecule has 0 unspecified atom stereocenters. The van der Waals surface area contributed by atoms with E-state index in [1.165, 1.54) is 6.92 Å². The zero-order valence-corrected chi connectivity index (χ0v) is 17.7. The largest absolute Gasteiger partial charge is 0.456 e. The second-order valence-corrected chi connectivity index (χ2v) is 7.57. The Kier molecular flexibility index (Phi) is 6.19. The first-order valence-corrected chi connectivity index (χ1v) is 9.66. The lowest BCUT2D eigenvalue weighted by atomic mass is 10.1. The lowest BCUT2D eigenvalue weighted by Gasteiger charge is -2.20. The van der Waals surface area contributed by atoms with Crippen LogP contribution in [0.1, 0.15) is 38.0 Å². The molecule has 0 N–H and O–H groups in total. The maximum absolute atomic E-state index is 12.7. The van der Waals surface area contributed by atoms with Crippen LogP contribution in [0, 0.1) is 0 Å². The average molecular weight is 475 g/mol. The molecule has 0 saturated heterocycles. The molecule has 0 bridgehead atoms. The Bertz CT molecular complexity index is 1010. The number of Topliss-reactive ketones (excluding diaryl/α,β-unsaturated/α-hetero) is 1. The number of esters is 1. The van der Waals surface area contributed by atoms with Gasteiger partial charge < -0.3 is 4.74 Å². The highest BCUT2D eigenvalue weighted by molar-refractivity contribution is 6.55. The number of nitrogens with zero attached hydrogens (tertiary/aromatic N) is 1. The molecule has 1 heterocycles. The van der Waals surface area contributed by atoms with Crippen molar-refractivity contribution in [1.29, 1.82) is 0 Å². The molecule has 0 saturated carbocycles. The van der Waals surface area contributed by atoms with Crippen molar-refractivity contribution in [3.63, 3.8) is 0 Å². The summed E-state index contributed by atoms with van der Waals surface area (Å²) in [7, 11) is 0. The van der Waals surface area contributed by atoms with E-state index in [0.29, 0.717) is 10.5 Å². The van der Waals surface area contributed by atoms with Crippen LogP contribution in [0.3, 0.4) is 0 Å². The Labute approximate surface area is 185 Å². The van der Waals surface area contributed by atoms with Crippen molar-refractivity contribution >= 4 is 70.0 Å². The summed E-state index contributed by atoms with van der Waals surface area (Å²) in [5.41, 5.74) is -0.122. The van der Waals surface area contributed by atoms with Crippen LogP contribution in [0.2, 0.25) is 20.1 Å². The highest BCUT2D eigenvalue weighted by Crippen LogP contribution is 2.45. The van der Waals surface area contributed by atoms with Crippen molar-refractivity contribution in [3.8, 4) is 0 Å². The molecule has 2 amide bonds. The summed E-state index contributed by atoms with van der Waals surface area (Å²) in [5.74, 6) is -3.12. The van der Waals surface area contributed by atoms with Crippen molar-refractivity contribution in [1.82, 2.24) is 4.90 Å². The molecule has 0 fully saturated rings. The normalized spacial score (nSPS) is 14.0. The van der Waals surface area contributed by atoms with Crippen LogP contribution in [-0.2, 0) is 9.53 Å². The van der Waals surface area contributed by atoms with Gasteiger partial charge in [-0.25, -0.2) is 4.79 Å². The molecular weight excluding hydrogens is 464 g/mol. The SMILES string of the molecule is C[C@H](C(=O)OCC(=O)c1ccccc1)N1C(=O)c2c(Cl)c(Cl)c(Cl)c(Cl)c2C1=O. The molecule has 2 aromatic rings. The Hall–Kier alpha value is -2.12. The number of halogens is 4. The molecule has 150 valence electrons. The maximum Gasteiger partial charge on any atom is 0.329 e. The number of fused-ring (bicyclic) bond motifs is 1. The number of hydrogen-bond donors (Lipinski definition) is 0. The third kappa shape index (κ3) is 3.73. The predicted octanol–water partition coefficient (Wildman–Crippen LogP) is 4.71. The van der Waals surface area contributed by atoms with Gasteiger partial charge in [-0.05, 0) is 6.92 Å². The number of carbonyl (C=O) groups excluding carboxylic acids is 4. The summed E-state index contributed by atoms with van der Waals surface area (Å²) in [6.07, 6.45) is 0. The van der Waals surface area contributed by atoms with E-state index in [1.807, 2.05) is 0 Å². The number of rotatable bonds is 5. The third-order valence-electron chi connectivity index (χ3n) is 4.30. The van der Waals surface area contributed by atoms with Crippen LogP contribution < -0.4 is 0 Å². The molecule has 0 aliphatic carbocycles. The van der Waals surface area contributed by atoms with Gasteiger partial charge in [0.15, 0.2) is 12.4 Å². The fourth-order valence-corrected chi connectivity index (χ4v) is 3.80. The second-order valence-electron chi connectivity index (χ2n) is 6.06. The lowest BCUT2D eigenvalue weighted by molar-refractivity contribution is -0.146. The Morgan fingerprint density at radius 3 is 1.86 bits per heavy atom. The van der Waals surface area contributed by atoms with Gasteiger partial charge in [-0.1, -0.05) is 76.7 Å². The molecule has 3 rings (SSSR count). The summed E-state index contributed by atoms with van der Waals surface area (Å²) >= 11 is 24.0. The Morgan fingerprint density at radius 1 is 0.897 bits per heavy atom. The van der Waals surface area contributed by atoms with Gasteiger partial charge in [0, 0.05) is 5.56 Å². The zero-order chi connectivity index (χ0) is 21.5. The number of ether oxygens (including phenoxy) is 1. The predicted molar refractivity (Wildman–Crippen MR) is 108 cm³/mol. The topological polar surface area (TPSA) is 80.8 Å². The van der Waals surface area contributed by atoms with Gasteiger partial charge in [0.25, 0.3) is 11.8 Å². The molecule has 0 spiro atoms. The molecule has 1 aliphatic rings. The summed E-state index contributed by atoms with van der Waals surface area (Å²) in [5, 5.41) is -0.832. The number of hydrogen-bond acceptors (Lipinski definition) is 5. The van der Waals surface area contributed by atoms with Crippen LogP contribution in [0.4, 0.5) is 0 Å².